The highest BCUT2D eigenvalue weighted by Gasteiger charge is 2.27. The molecular weight excluding hydrogens is 585 g/mol. The lowest BCUT2D eigenvalue weighted by Gasteiger charge is -2.21. The van der Waals surface area contributed by atoms with E-state index in [1.165, 1.54) is 30.3 Å². The zero-order valence-electron chi connectivity index (χ0n) is 21.4. The van der Waals surface area contributed by atoms with Gasteiger partial charge < -0.3 is 24.7 Å². The second kappa shape index (κ2) is 13.6. The molecule has 13 heteroatoms. The summed E-state index contributed by atoms with van der Waals surface area (Å²) >= 11 is 12.5. The van der Waals surface area contributed by atoms with Gasteiger partial charge in [-0.2, -0.15) is 13.5 Å². The monoisotopic (exact) mass is 608 g/mol. The molecule has 1 saturated carbocycles. The van der Waals surface area contributed by atoms with Crippen molar-refractivity contribution in [3.8, 4) is 11.5 Å². The molecule has 0 spiro atoms. The van der Waals surface area contributed by atoms with E-state index in [-0.39, 0.29) is 45.7 Å². The fraction of sp³-hybridized carbons (Fsp3) is 0.286. The van der Waals surface area contributed by atoms with Gasteiger partial charge in [-0.1, -0.05) is 59.6 Å². The molecule has 1 aliphatic rings. The van der Waals surface area contributed by atoms with Crippen molar-refractivity contribution in [1.82, 2.24) is 5.32 Å². The van der Waals surface area contributed by atoms with Gasteiger partial charge in [-0.3, -0.25) is 14.4 Å². The highest BCUT2D eigenvalue weighted by molar-refractivity contribution is 6.43. The summed E-state index contributed by atoms with van der Waals surface area (Å²) in [6, 6.07) is 11.8. The zero-order chi connectivity index (χ0) is 29.5. The molecule has 0 aliphatic heterocycles. The van der Waals surface area contributed by atoms with Crippen LogP contribution in [0.15, 0.2) is 60.9 Å². The van der Waals surface area contributed by atoms with Crippen LogP contribution in [-0.4, -0.2) is 37.4 Å². The van der Waals surface area contributed by atoms with Gasteiger partial charge in [-0.25, -0.2) is 0 Å². The number of carbonyl (C=O) groups is 3. The summed E-state index contributed by atoms with van der Waals surface area (Å²) in [6.45, 7) is -3.46. The van der Waals surface area contributed by atoms with Gasteiger partial charge in [0.2, 0.25) is 5.78 Å². The summed E-state index contributed by atoms with van der Waals surface area (Å²) in [5.41, 5.74) is 0.725. The number of ketones is 1. The number of carbonyl (C=O) groups excluding carboxylic acids is 3. The number of benzene rings is 2. The smallest absolute Gasteiger partial charge is 0.387 e. The van der Waals surface area contributed by atoms with Gasteiger partial charge in [0.15, 0.2) is 23.9 Å². The number of ether oxygens (including phenoxy) is 3. The van der Waals surface area contributed by atoms with E-state index in [1.807, 2.05) is 0 Å². The summed E-state index contributed by atoms with van der Waals surface area (Å²) < 4.78 is 42.4. The molecular formula is C28H24Cl2F2N2O7. The minimum Gasteiger partial charge on any atom is -0.619 e. The fourth-order valence-corrected chi connectivity index (χ4v) is 4.41. The Labute approximate surface area is 243 Å². The molecule has 1 unspecified atom stereocenters. The van der Waals surface area contributed by atoms with E-state index in [1.54, 1.807) is 18.2 Å². The molecule has 4 rings (SSSR count). The van der Waals surface area contributed by atoms with Crippen LogP contribution >= 0.6 is 23.2 Å². The number of alkyl halides is 2. The van der Waals surface area contributed by atoms with Crippen molar-refractivity contribution in [3.05, 3.63) is 92.9 Å². The Morgan fingerprint density at radius 3 is 2.34 bits per heavy atom. The van der Waals surface area contributed by atoms with Gasteiger partial charge in [0.25, 0.3) is 5.91 Å². The number of hydrogen-bond acceptors (Lipinski definition) is 7. The normalized spacial score (nSPS) is 13.4. The zero-order valence-corrected chi connectivity index (χ0v) is 22.9. The molecule has 9 nitrogen and oxygen atoms in total. The third kappa shape index (κ3) is 8.51. The number of aromatic nitrogens is 1. The van der Waals surface area contributed by atoms with E-state index in [4.69, 9.17) is 32.7 Å². The van der Waals surface area contributed by atoms with Gasteiger partial charge in [0.1, 0.15) is 22.7 Å². The van der Waals surface area contributed by atoms with Crippen LogP contribution in [0.1, 0.15) is 40.4 Å². The average molecular weight is 609 g/mol. The predicted octanol–water partition coefficient (Wildman–Crippen LogP) is 4.84. The van der Waals surface area contributed by atoms with Crippen molar-refractivity contribution in [3.63, 3.8) is 0 Å². The van der Waals surface area contributed by atoms with E-state index < -0.39 is 36.9 Å². The Hall–Kier alpha value is -3.96. The fourth-order valence-electron chi connectivity index (χ4n) is 3.82. The number of pyridine rings is 1. The number of nitrogens with zero attached hydrogens (tertiary/aromatic N) is 1. The Morgan fingerprint density at radius 2 is 1.71 bits per heavy atom. The lowest BCUT2D eigenvalue weighted by Crippen LogP contribution is -2.36. The van der Waals surface area contributed by atoms with E-state index >= 15 is 0 Å². The summed E-state index contributed by atoms with van der Waals surface area (Å²) in [4.78, 5) is 37.4. The van der Waals surface area contributed by atoms with Gasteiger partial charge in [0.05, 0.1) is 6.61 Å². The van der Waals surface area contributed by atoms with E-state index in [9.17, 15) is 28.4 Å². The Kier molecular flexibility index (Phi) is 9.95. The molecule has 1 amide bonds. The maximum atomic E-state index is 13.0. The molecule has 1 fully saturated rings. The van der Waals surface area contributed by atoms with Gasteiger partial charge in [0, 0.05) is 17.5 Å². The van der Waals surface area contributed by atoms with Crippen LogP contribution in [0.3, 0.4) is 0 Å². The molecule has 1 aliphatic carbocycles. The second-order valence-electron chi connectivity index (χ2n) is 9.19. The van der Waals surface area contributed by atoms with Crippen molar-refractivity contribution in [1.29, 1.82) is 0 Å². The van der Waals surface area contributed by atoms with Gasteiger partial charge in [-0.15, -0.1) is 0 Å². The van der Waals surface area contributed by atoms with Crippen molar-refractivity contribution < 1.29 is 42.1 Å². The van der Waals surface area contributed by atoms with Crippen molar-refractivity contribution in [2.24, 2.45) is 5.92 Å². The van der Waals surface area contributed by atoms with Crippen LogP contribution in [0.2, 0.25) is 10.0 Å². The lowest BCUT2D eigenvalue weighted by atomic mass is 10.0. The van der Waals surface area contributed by atoms with E-state index in [0.29, 0.717) is 16.2 Å². The number of hydrogen-bond donors (Lipinski definition) is 1. The average Bonchev–Trinajstić information content (AvgIpc) is 3.77. The van der Waals surface area contributed by atoms with Crippen LogP contribution in [0.25, 0.3) is 0 Å². The third-order valence-electron chi connectivity index (χ3n) is 6.08. The van der Waals surface area contributed by atoms with Crippen molar-refractivity contribution in [2.75, 3.05) is 13.2 Å². The standard InChI is InChI=1S/C28H24Cl2F2N2O7/c29-20-13-34(38)14-21(30)19(20)11-23(40-25(35)12-33-27(37)26(36)17-4-2-1-3-5-17)18-8-9-22(41-28(31)32)24(10-18)39-15-16-6-7-16/h1-5,8-10,13-14,16,23,28H,6-7,11-12,15H2,(H,33,37). The van der Waals surface area contributed by atoms with Crippen LogP contribution in [0, 0.1) is 11.1 Å². The largest absolute Gasteiger partial charge is 0.619 e. The van der Waals surface area contributed by atoms with Crippen LogP contribution in [0.4, 0.5) is 8.78 Å². The number of nitrogens with one attached hydrogen (secondary N) is 1. The summed E-state index contributed by atoms with van der Waals surface area (Å²) in [5, 5.41) is 13.9. The first-order valence-corrected chi connectivity index (χ1v) is 13.2. The number of rotatable bonds is 13. The van der Waals surface area contributed by atoms with Gasteiger partial charge >= 0.3 is 12.6 Å². The Bertz CT molecular complexity index is 1400. The molecule has 1 heterocycles. The van der Waals surface area contributed by atoms with Crippen molar-refractivity contribution >= 4 is 40.9 Å². The first kappa shape index (κ1) is 30.0. The number of halogens is 4. The molecule has 41 heavy (non-hydrogen) atoms. The third-order valence-corrected chi connectivity index (χ3v) is 6.73. The molecule has 216 valence electrons. The topological polar surface area (TPSA) is 118 Å². The Morgan fingerprint density at radius 1 is 1.02 bits per heavy atom. The molecule has 1 N–H and O–H groups in total. The summed E-state index contributed by atoms with van der Waals surface area (Å²) in [6.07, 6.45) is 2.80. The van der Waals surface area contributed by atoms with E-state index in [0.717, 1.165) is 25.2 Å². The highest BCUT2D eigenvalue weighted by Crippen LogP contribution is 2.37. The summed E-state index contributed by atoms with van der Waals surface area (Å²) in [5.74, 6) is -2.65. The molecule has 1 atom stereocenters. The molecule has 2 aromatic carbocycles. The number of esters is 1. The molecule has 0 bridgehead atoms. The predicted molar refractivity (Wildman–Crippen MR) is 143 cm³/mol. The minimum atomic E-state index is -3.10. The first-order chi connectivity index (χ1) is 19.6. The maximum absolute atomic E-state index is 13.0. The second-order valence-corrected chi connectivity index (χ2v) is 10.0. The highest BCUT2D eigenvalue weighted by atomic mass is 35.5. The molecule has 1 aromatic heterocycles. The minimum absolute atomic E-state index is 0.00169. The number of Topliss-reactive ketones (excluding diaryl/α,β-unsaturated/α-hetero) is 1. The van der Waals surface area contributed by atoms with Crippen molar-refractivity contribution in [2.45, 2.75) is 32.0 Å². The van der Waals surface area contributed by atoms with E-state index in [2.05, 4.69) is 10.1 Å². The quantitative estimate of drug-likeness (QED) is 0.0969. The molecule has 3 aromatic rings. The Balaban J connectivity index is 1.56. The summed E-state index contributed by atoms with van der Waals surface area (Å²) in [7, 11) is 0. The SMILES string of the molecule is O=C(CNC(=O)C(=O)c1ccccc1)OC(Cc1c(Cl)c[n+]([O-])cc1Cl)c1ccc(OC(F)F)c(OCC2CC2)c1. The first-order valence-electron chi connectivity index (χ1n) is 12.5. The lowest BCUT2D eigenvalue weighted by molar-refractivity contribution is -0.605. The van der Waals surface area contributed by atoms with Crippen LogP contribution in [0.5, 0.6) is 11.5 Å². The maximum Gasteiger partial charge on any atom is 0.387 e. The van der Waals surface area contributed by atoms with Crippen LogP contribution < -0.4 is 19.5 Å². The van der Waals surface area contributed by atoms with Crippen LogP contribution in [-0.2, 0) is 20.7 Å². The molecule has 0 radical (unpaired) electrons. The van der Waals surface area contributed by atoms with Gasteiger partial charge in [-0.05, 0) is 36.5 Å². The number of amides is 1. The molecule has 0 saturated heterocycles.